The Balaban J connectivity index is 2.02. The zero-order valence-electron chi connectivity index (χ0n) is 12.2. The lowest BCUT2D eigenvalue weighted by Crippen LogP contribution is -2.48. The van der Waals surface area contributed by atoms with Crippen LogP contribution < -0.4 is 4.90 Å². The van der Waals surface area contributed by atoms with Gasteiger partial charge in [-0.1, -0.05) is 19.9 Å². The van der Waals surface area contributed by atoms with Crippen LogP contribution >= 0.6 is 0 Å². The van der Waals surface area contributed by atoms with Crippen LogP contribution in [0, 0.1) is 5.92 Å². The molecule has 1 aromatic heterocycles. The second kappa shape index (κ2) is 6.35. The van der Waals surface area contributed by atoms with Crippen molar-refractivity contribution >= 4 is 5.82 Å². The minimum Gasteiger partial charge on any atom is -0.389 e. The molecule has 4 heteroatoms. The summed E-state index contributed by atoms with van der Waals surface area (Å²) in [5.41, 5.74) is 0.930. The van der Waals surface area contributed by atoms with E-state index in [-0.39, 0.29) is 0 Å². The van der Waals surface area contributed by atoms with Crippen LogP contribution in [0.15, 0.2) is 18.3 Å². The van der Waals surface area contributed by atoms with Gasteiger partial charge in [0.2, 0.25) is 0 Å². The lowest BCUT2D eigenvalue weighted by atomic mass is 10.1. The molecule has 0 bridgehead atoms. The lowest BCUT2D eigenvalue weighted by molar-refractivity contribution is 0.198. The van der Waals surface area contributed by atoms with Crippen LogP contribution in [0.3, 0.4) is 0 Å². The average Bonchev–Trinajstić information content (AvgIpc) is 2.39. The third-order valence-electron chi connectivity index (χ3n) is 3.56. The van der Waals surface area contributed by atoms with Gasteiger partial charge in [-0.2, -0.15) is 0 Å². The van der Waals surface area contributed by atoms with Crippen molar-refractivity contribution in [2.24, 2.45) is 5.92 Å². The summed E-state index contributed by atoms with van der Waals surface area (Å²) >= 11 is 0. The highest BCUT2D eigenvalue weighted by molar-refractivity contribution is 5.48. The average molecular weight is 263 g/mol. The molecule has 0 radical (unpaired) electrons. The molecule has 1 saturated heterocycles. The molecule has 1 aliphatic rings. The van der Waals surface area contributed by atoms with E-state index in [0.717, 1.165) is 43.5 Å². The summed E-state index contributed by atoms with van der Waals surface area (Å²) in [4.78, 5) is 9.25. The van der Waals surface area contributed by atoms with E-state index in [1.807, 2.05) is 18.3 Å². The van der Waals surface area contributed by atoms with Gasteiger partial charge < -0.3 is 10.0 Å². The van der Waals surface area contributed by atoms with E-state index < -0.39 is 6.10 Å². The molecule has 19 heavy (non-hydrogen) atoms. The molecule has 1 fully saturated rings. The molecule has 2 heterocycles. The highest BCUT2D eigenvalue weighted by atomic mass is 16.3. The van der Waals surface area contributed by atoms with Crippen molar-refractivity contribution in [2.45, 2.75) is 26.9 Å². The van der Waals surface area contributed by atoms with Crippen molar-refractivity contribution in [3.8, 4) is 0 Å². The van der Waals surface area contributed by atoms with Gasteiger partial charge in [0.25, 0.3) is 0 Å². The second-order valence-electron chi connectivity index (χ2n) is 5.77. The van der Waals surface area contributed by atoms with Gasteiger partial charge in [-0.05, 0) is 18.9 Å². The Kier molecular flexibility index (Phi) is 4.77. The Hall–Kier alpha value is -1.13. The Bertz CT molecular complexity index is 398. The summed E-state index contributed by atoms with van der Waals surface area (Å²) in [7, 11) is 0. The molecule has 1 unspecified atom stereocenters. The number of aliphatic hydroxyl groups excluding tert-OH is 1. The second-order valence-corrected chi connectivity index (χ2v) is 5.77. The highest BCUT2D eigenvalue weighted by Gasteiger charge is 2.21. The molecule has 2 rings (SSSR count). The van der Waals surface area contributed by atoms with Crippen LogP contribution in [-0.2, 0) is 0 Å². The van der Waals surface area contributed by atoms with Crippen LogP contribution in [-0.4, -0.2) is 47.7 Å². The molecule has 0 aromatic carbocycles. The number of rotatable bonds is 4. The first-order valence-electron chi connectivity index (χ1n) is 7.18. The van der Waals surface area contributed by atoms with E-state index in [0.29, 0.717) is 0 Å². The van der Waals surface area contributed by atoms with E-state index >= 15 is 0 Å². The van der Waals surface area contributed by atoms with Gasteiger partial charge in [-0.15, -0.1) is 0 Å². The van der Waals surface area contributed by atoms with Gasteiger partial charge in [0.05, 0.1) is 6.10 Å². The topological polar surface area (TPSA) is 39.6 Å². The zero-order chi connectivity index (χ0) is 13.8. The molecule has 0 saturated carbocycles. The molecule has 0 amide bonds. The molecular weight excluding hydrogens is 238 g/mol. The Labute approximate surface area is 116 Å². The summed E-state index contributed by atoms with van der Waals surface area (Å²) < 4.78 is 0. The smallest absolute Gasteiger partial charge is 0.134 e. The van der Waals surface area contributed by atoms with Gasteiger partial charge >= 0.3 is 0 Å². The lowest BCUT2D eigenvalue weighted by Gasteiger charge is -2.37. The number of aliphatic hydroxyl groups is 1. The number of piperazine rings is 1. The van der Waals surface area contributed by atoms with Gasteiger partial charge in [0, 0.05) is 44.5 Å². The molecular formula is C15H25N3O. The van der Waals surface area contributed by atoms with Crippen molar-refractivity contribution in [2.75, 3.05) is 37.6 Å². The third-order valence-corrected chi connectivity index (χ3v) is 3.56. The van der Waals surface area contributed by atoms with E-state index in [2.05, 4.69) is 28.6 Å². The van der Waals surface area contributed by atoms with Gasteiger partial charge in [0.15, 0.2) is 0 Å². The first kappa shape index (κ1) is 14.3. The van der Waals surface area contributed by atoms with Crippen LogP contribution in [0.5, 0.6) is 0 Å². The molecule has 1 aliphatic heterocycles. The van der Waals surface area contributed by atoms with Crippen molar-refractivity contribution in [1.29, 1.82) is 0 Å². The van der Waals surface area contributed by atoms with Crippen LogP contribution in [0.25, 0.3) is 0 Å². The van der Waals surface area contributed by atoms with Crippen molar-refractivity contribution in [3.05, 3.63) is 23.9 Å². The molecule has 1 atom stereocenters. The van der Waals surface area contributed by atoms with Crippen molar-refractivity contribution in [3.63, 3.8) is 0 Å². The summed E-state index contributed by atoms with van der Waals surface area (Å²) in [6.07, 6.45) is 1.35. The van der Waals surface area contributed by atoms with E-state index in [1.165, 1.54) is 6.54 Å². The predicted molar refractivity (Wildman–Crippen MR) is 78.4 cm³/mol. The highest BCUT2D eigenvalue weighted by Crippen LogP contribution is 2.24. The predicted octanol–water partition coefficient (Wildman–Crippen LogP) is 1.91. The number of anilines is 1. The largest absolute Gasteiger partial charge is 0.389 e. The summed E-state index contributed by atoms with van der Waals surface area (Å²) in [6, 6.07) is 3.86. The maximum Gasteiger partial charge on any atom is 0.134 e. The molecule has 0 spiro atoms. The SMILES string of the molecule is CC(C)CN1CCN(c2ncccc2C(C)O)CC1. The van der Waals surface area contributed by atoms with Crippen LogP contribution in [0.1, 0.15) is 32.4 Å². The fraction of sp³-hybridized carbons (Fsp3) is 0.667. The molecule has 106 valence electrons. The number of hydrogen-bond acceptors (Lipinski definition) is 4. The molecule has 1 N–H and O–H groups in total. The van der Waals surface area contributed by atoms with Crippen LogP contribution in [0.2, 0.25) is 0 Å². The fourth-order valence-corrected chi connectivity index (χ4v) is 2.66. The third kappa shape index (κ3) is 3.67. The molecule has 0 aliphatic carbocycles. The maximum atomic E-state index is 9.83. The van der Waals surface area contributed by atoms with Crippen molar-refractivity contribution in [1.82, 2.24) is 9.88 Å². The minimum atomic E-state index is -0.461. The summed E-state index contributed by atoms with van der Waals surface area (Å²) in [5, 5.41) is 9.83. The molecule has 4 nitrogen and oxygen atoms in total. The summed E-state index contributed by atoms with van der Waals surface area (Å²) in [5.74, 6) is 1.66. The quantitative estimate of drug-likeness (QED) is 0.901. The normalized spacial score (nSPS) is 18.9. The Morgan fingerprint density at radius 1 is 1.21 bits per heavy atom. The van der Waals surface area contributed by atoms with Gasteiger partial charge in [-0.25, -0.2) is 4.98 Å². The number of aromatic nitrogens is 1. The Morgan fingerprint density at radius 3 is 2.47 bits per heavy atom. The van der Waals surface area contributed by atoms with E-state index in [4.69, 9.17) is 0 Å². The fourth-order valence-electron chi connectivity index (χ4n) is 2.66. The van der Waals surface area contributed by atoms with E-state index in [9.17, 15) is 5.11 Å². The first-order chi connectivity index (χ1) is 9.08. The van der Waals surface area contributed by atoms with Gasteiger partial charge in [0.1, 0.15) is 5.82 Å². The number of pyridine rings is 1. The van der Waals surface area contributed by atoms with E-state index in [1.54, 1.807) is 6.92 Å². The minimum absolute atomic E-state index is 0.461. The first-order valence-corrected chi connectivity index (χ1v) is 7.18. The van der Waals surface area contributed by atoms with Crippen LogP contribution in [0.4, 0.5) is 5.82 Å². The van der Waals surface area contributed by atoms with Gasteiger partial charge in [-0.3, -0.25) is 4.90 Å². The van der Waals surface area contributed by atoms with Crippen molar-refractivity contribution < 1.29 is 5.11 Å². The maximum absolute atomic E-state index is 9.83. The monoisotopic (exact) mass is 263 g/mol. The standard InChI is InChI=1S/C15H25N3O/c1-12(2)11-17-7-9-18(10-8-17)15-14(13(3)19)5-4-6-16-15/h4-6,12-13,19H,7-11H2,1-3H3. The molecule has 1 aromatic rings. The summed E-state index contributed by atoms with van der Waals surface area (Å²) in [6.45, 7) is 11.6. The zero-order valence-corrected chi connectivity index (χ0v) is 12.2. The number of hydrogen-bond donors (Lipinski definition) is 1. The Morgan fingerprint density at radius 2 is 1.89 bits per heavy atom. The number of nitrogens with zero attached hydrogens (tertiary/aromatic N) is 3.